The molecule has 6 heterocycles. The second-order valence-corrected chi connectivity index (χ2v) is 11.4. The second-order valence-electron chi connectivity index (χ2n) is 11.4. The molecule has 0 saturated carbocycles. The van der Waals surface area contributed by atoms with Crippen LogP contribution in [-0.2, 0) is 0 Å². The number of pyridine rings is 3. The van der Waals surface area contributed by atoms with Crippen LogP contribution in [-0.4, -0.2) is 23.8 Å². The van der Waals surface area contributed by atoms with Crippen LogP contribution in [0.5, 0.6) is 11.5 Å². The minimum Gasteiger partial charge on any atom is -0.457 e. The van der Waals surface area contributed by atoms with Crippen LogP contribution in [0.2, 0.25) is 0 Å². The van der Waals surface area contributed by atoms with Gasteiger partial charge in [-0.2, -0.15) is 0 Å². The predicted molar refractivity (Wildman–Crippen MR) is 177 cm³/mol. The van der Waals surface area contributed by atoms with Crippen LogP contribution >= 0.6 is 0 Å². The molecular weight excluding hydrogens is 542 g/mol. The largest absolute Gasteiger partial charge is 0.457 e. The summed E-state index contributed by atoms with van der Waals surface area (Å²) in [6.07, 6.45) is 5.79. The van der Waals surface area contributed by atoms with Gasteiger partial charge in [-0.1, -0.05) is 42.5 Å². The number of aromatic nitrogens is 5. The average Bonchev–Trinajstić information content (AvgIpc) is 3.75. The van der Waals surface area contributed by atoms with Crippen LogP contribution in [0.15, 0.2) is 122 Å². The number of hydrogen-bond acceptors (Lipinski definition) is 4. The van der Waals surface area contributed by atoms with E-state index in [9.17, 15) is 0 Å². The van der Waals surface area contributed by atoms with Crippen molar-refractivity contribution in [2.75, 3.05) is 0 Å². The van der Waals surface area contributed by atoms with Crippen molar-refractivity contribution >= 4 is 65.7 Å². The van der Waals surface area contributed by atoms with E-state index in [1.54, 1.807) is 0 Å². The van der Waals surface area contributed by atoms with Gasteiger partial charge in [-0.25, -0.2) is 15.0 Å². The van der Waals surface area contributed by atoms with Crippen LogP contribution in [0.3, 0.4) is 0 Å². The molecule has 6 heteroatoms. The fraction of sp³-hybridized carbons (Fsp3) is 0.0263. The summed E-state index contributed by atoms with van der Waals surface area (Å²) in [5, 5.41) is 7.96. The first-order valence-electron chi connectivity index (χ1n) is 14.7. The van der Waals surface area contributed by atoms with Crippen molar-refractivity contribution in [3.05, 3.63) is 127 Å². The average molecular weight is 566 g/mol. The molecule has 0 spiro atoms. The Labute approximate surface area is 250 Å². The fourth-order valence-electron chi connectivity index (χ4n) is 7.00. The van der Waals surface area contributed by atoms with E-state index in [-0.39, 0.29) is 0 Å². The van der Waals surface area contributed by atoms with Crippen molar-refractivity contribution in [3.8, 4) is 22.8 Å². The van der Waals surface area contributed by atoms with Gasteiger partial charge in [0, 0.05) is 62.5 Å². The molecule has 10 rings (SSSR count). The Bertz CT molecular complexity index is 2770. The standard InChI is InChI=1S/C38H23N5O/c1-22-7-2-3-8-25(22)33-21-42-36-30(11-5-17-39-36)26-15-13-23(19-32(26)38(42)41-33)44-24-14-16-27-28-9-4-10-29-31-12-6-18-40-37(31)43(35(28)29)34(27)20-24/h2-21H,1H3. The molecule has 206 valence electrons. The summed E-state index contributed by atoms with van der Waals surface area (Å²) in [4.78, 5) is 14.6. The lowest BCUT2D eigenvalue weighted by Gasteiger charge is -2.10. The summed E-state index contributed by atoms with van der Waals surface area (Å²) < 4.78 is 10.9. The van der Waals surface area contributed by atoms with Crippen molar-refractivity contribution in [1.29, 1.82) is 0 Å². The molecule has 0 amide bonds. The molecule has 10 aromatic rings. The number of imidazole rings is 1. The third-order valence-electron chi connectivity index (χ3n) is 8.95. The molecule has 0 radical (unpaired) electrons. The lowest BCUT2D eigenvalue weighted by Crippen LogP contribution is -1.93. The molecule has 0 saturated heterocycles. The van der Waals surface area contributed by atoms with Crippen LogP contribution in [0, 0.1) is 6.92 Å². The Morgan fingerprint density at radius 2 is 1.27 bits per heavy atom. The monoisotopic (exact) mass is 565 g/mol. The highest BCUT2D eigenvalue weighted by Crippen LogP contribution is 2.40. The van der Waals surface area contributed by atoms with E-state index in [0.717, 1.165) is 66.8 Å². The number of rotatable bonds is 3. The van der Waals surface area contributed by atoms with E-state index in [1.165, 1.54) is 27.2 Å². The number of ether oxygens (including phenoxy) is 1. The van der Waals surface area contributed by atoms with Gasteiger partial charge in [0.2, 0.25) is 0 Å². The molecule has 0 unspecified atom stereocenters. The highest BCUT2D eigenvalue weighted by atomic mass is 16.5. The molecule has 6 nitrogen and oxygen atoms in total. The minimum atomic E-state index is 0.749. The van der Waals surface area contributed by atoms with Crippen LogP contribution in [0.1, 0.15) is 5.56 Å². The van der Waals surface area contributed by atoms with E-state index < -0.39 is 0 Å². The Morgan fingerprint density at radius 3 is 2.11 bits per heavy atom. The SMILES string of the molecule is Cc1ccccc1-c1cn2c3ncccc3c3ccc(Oc4ccc5c6cccc7c8cccnc8n(c5c4)c67)cc3c2n1. The first kappa shape index (κ1) is 23.5. The summed E-state index contributed by atoms with van der Waals surface area (Å²) >= 11 is 0. The predicted octanol–water partition coefficient (Wildman–Crippen LogP) is 9.35. The van der Waals surface area contributed by atoms with E-state index in [4.69, 9.17) is 19.7 Å². The molecular formula is C38H23N5O. The van der Waals surface area contributed by atoms with Crippen molar-refractivity contribution < 1.29 is 4.74 Å². The molecule has 0 aliphatic carbocycles. The lowest BCUT2D eigenvalue weighted by atomic mass is 10.1. The molecule has 44 heavy (non-hydrogen) atoms. The third kappa shape index (κ3) is 3.11. The molecule has 0 atom stereocenters. The maximum atomic E-state index is 6.58. The third-order valence-corrected chi connectivity index (χ3v) is 8.95. The van der Waals surface area contributed by atoms with Crippen LogP contribution in [0.4, 0.5) is 0 Å². The molecule has 4 aromatic carbocycles. The molecule has 0 fully saturated rings. The summed E-state index contributed by atoms with van der Waals surface area (Å²) in [5.74, 6) is 1.52. The van der Waals surface area contributed by atoms with Gasteiger partial charge in [0.15, 0.2) is 0 Å². The van der Waals surface area contributed by atoms with Crippen LogP contribution < -0.4 is 4.74 Å². The van der Waals surface area contributed by atoms with Gasteiger partial charge < -0.3 is 4.74 Å². The number of para-hydroxylation sites is 1. The zero-order valence-corrected chi connectivity index (χ0v) is 23.7. The fourth-order valence-corrected chi connectivity index (χ4v) is 7.00. The smallest absolute Gasteiger partial charge is 0.147 e. The number of benzene rings is 4. The molecule has 6 aromatic heterocycles. The summed E-state index contributed by atoms with van der Waals surface area (Å²) in [7, 11) is 0. The van der Waals surface area contributed by atoms with Crippen molar-refractivity contribution in [1.82, 2.24) is 23.8 Å². The molecule has 0 aliphatic rings. The topological polar surface area (TPSA) is 56.7 Å². The molecule has 0 aliphatic heterocycles. The first-order chi connectivity index (χ1) is 21.7. The normalized spacial score (nSPS) is 12.2. The Kier molecular flexibility index (Phi) is 4.56. The van der Waals surface area contributed by atoms with Crippen LogP contribution in [0.25, 0.3) is 76.9 Å². The van der Waals surface area contributed by atoms with E-state index in [2.05, 4.69) is 107 Å². The quantitative estimate of drug-likeness (QED) is 0.200. The summed E-state index contributed by atoms with van der Waals surface area (Å²) in [5.41, 5.74) is 8.20. The van der Waals surface area contributed by atoms with Gasteiger partial charge >= 0.3 is 0 Å². The minimum absolute atomic E-state index is 0.749. The first-order valence-corrected chi connectivity index (χ1v) is 14.7. The van der Waals surface area contributed by atoms with Gasteiger partial charge in [-0.05, 0) is 72.5 Å². The van der Waals surface area contributed by atoms with Gasteiger partial charge in [0.1, 0.15) is 28.4 Å². The Balaban J connectivity index is 1.17. The zero-order valence-electron chi connectivity index (χ0n) is 23.7. The summed E-state index contributed by atoms with van der Waals surface area (Å²) in [6.45, 7) is 2.12. The Morgan fingerprint density at radius 1 is 0.568 bits per heavy atom. The molecule has 0 bridgehead atoms. The van der Waals surface area contributed by atoms with E-state index in [1.807, 2.05) is 30.6 Å². The van der Waals surface area contributed by atoms with Gasteiger partial charge in [-0.3, -0.25) is 8.80 Å². The summed E-state index contributed by atoms with van der Waals surface area (Å²) in [6, 6.07) is 35.7. The highest BCUT2D eigenvalue weighted by Gasteiger charge is 2.19. The molecule has 0 N–H and O–H groups in total. The van der Waals surface area contributed by atoms with Gasteiger partial charge in [0.25, 0.3) is 0 Å². The second kappa shape index (κ2) is 8.52. The number of aryl methyl sites for hydroxylation is 1. The number of fused-ring (bicyclic) bond motifs is 12. The van der Waals surface area contributed by atoms with Crippen molar-refractivity contribution in [2.45, 2.75) is 6.92 Å². The van der Waals surface area contributed by atoms with Gasteiger partial charge in [0.05, 0.1) is 16.7 Å². The lowest BCUT2D eigenvalue weighted by molar-refractivity contribution is 0.484. The number of hydrogen-bond donors (Lipinski definition) is 0. The maximum Gasteiger partial charge on any atom is 0.147 e. The zero-order chi connectivity index (χ0) is 28.9. The highest BCUT2D eigenvalue weighted by molar-refractivity contribution is 6.22. The number of nitrogens with zero attached hydrogens (tertiary/aromatic N) is 5. The Hall–Kier alpha value is -6.01. The van der Waals surface area contributed by atoms with E-state index >= 15 is 0 Å². The van der Waals surface area contributed by atoms with E-state index in [0.29, 0.717) is 0 Å². The maximum absolute atomic E-state index is 6.58. The van der Waals surface area contributed by atoms with Crippen molar-refractivity contribution in [2.24, 2.45) is 0 Å². The van der Waals surface area contributed by atoms with Gasteiger partial charge in [-0.15, -0.1) is 0 Å². The van der Waals surface area contributed by atoms with Crippen molar-refractivity contribution in [3.63, 3.8) is 0 Å².